The van der Waals surface area contributed by atoms with Crippen LogP contribution in [-0.2, 0) is 11.2 Å². The first-order valence-electron chi connectivity index (χ1n) is 4.82. The quantitative estimate of drug-likeness (QED) is 0.751. The van der Waals surface area contributed by atoms with Gasteiger partial charge in [-0.2, -0.15) is 0 Å². The molecule has 0 aromatic heterocycles. The van der Waals surface area contributed by atoms with Crippen LogP contribution < -0.4 is 9.47 Å². The van der Waals surface area contributed by atoms with Crippen molar-refractivity contribution in [1.82, 2.24) is 0 Å². The third kappa shape index (κ3) is 4.34. The van der Waals surface area contributed by atoms with E-state index in [9.17, 15) is 18.0 Å². The van der Waals surface area contributed by atoms with E-state index in [0.717, 1.165) is 0 Å². The molecule has 6 heteroatoms. The maximum absolute atomic E-state index is 12.1. The highest BCUT2D eigenvalue weighted by molar-refractivity contribution is 5.51. The Morgan fingerprint density at radius 1 is 1.35 bits per heavy atom. The number of benzene rings is 1. The van der Waals surface area contributed by atoms with Crippen LogP contribution in [0.3, 0.4) is 0 Å². The summed E-state index contributed by atoms with van der Waals surface area (Å²) in [6.07, 6.45) is -3.81. The second-order valence-corrected chi connectivity index (χ2v) is 3.23. The Bertz CT molecular complexity index is 388. The lowest BCUT2D eigenvalue weighted by Gasteiger charge is -2.13. The Balaban J connectivity index is 2.97. The number of rotatable bonds is 5. The summed E-state index contributed by atoms with van der Waals surface area (Å²) in [5.41, 5.74) is 0.286. The highest BCUT2D eigenvalue weighted by atomic mass is 19.4. The first-order chi connectivity index (χ1) is 7.96. The van der Waals surface area contributed by atoms with Crippen molar-refractivity contribution in [3.05, 3.63) is 23.8 Å². The van der Waals surface area contributed by atoms with Gasteiger partial charge in [-0.1, -0.05) is 0 Å². The molecule has 0 heterocycles. The van der Waals surface area contributed by atoms with Crippen LogP contribution in [0.2, 0.25) is 0 Å². The Morgan fingerprint density at radius 3 is 2.59 bits per heavy atom. The van der Waals surface area contributed by atoms with E-state index in [1.54, 1.807) is 0 Å². The molecule has 0 saturated heterocycles. The normalized spacial score (nSPS) is 11.1. The molecule has 1 aromatic carbocycles. The number of carbonyl (C=O) groups is 1. The Kier molecular flexibility index (Phi) is 4.37. The van der Waals surface area contributed by atoms with Crippen LogP contribution in [0.5, 0.6) is 11.5 Å². The van der Waals surface area contributed by atoms with Crippen molar-refractivity contribution in [2.45, 2.75) is 19.2 Å². The summed E-state index contributed by atoms with van der Waals surface area (Å²) in [4.78, 5) is 10.2. The third-order valence-electron chi connectivity index (χ3n) is 2.02. The number of halogens is 3. The molecule has 0 aliphatic heterocycles. The molecule has 1 rings (SSSR count). The van der Waals surface area contributed by atoms with Crippen molar-refractivity contribution in [1.29, 1.82) is 0 Å². The summed E-state index contributed by atoms with van der Waals surface area (Å²) in [5, 5.41) is 0. The fourth-order valence-electron chi connectivity index (χ4n) is 1.32. The van der Waals surface area contributed by atoms with Gasteiger partial charge in [0.15, 0.2) is 0 Å². The predicted octanol–water partition coefficient (Wildman–Crippen LogP) is 2.73. The number of aldehydes is 1. The molecular formula is C11H11F3O3. The van der Waals surface area contributed by atoms with Crippen molar-refractivity contribution >= 4 is 6.29 Å². The lowest BCUT2D eigenvalue weighted by molar-refractivity contribution is -0.274. The topological polar surface area (TPSA) is 35.5 Å². The smallest absolute Gasteiger partial charge is 0.497 e. The minimum absolute atomic E-state index is 0.126. The van der Waals surface area contributed by atoms with Gasteiger partial charge in [-0.15, -0.1) is 13.2 Å². The Labute approximate surface area is 96.1 Å². The predicted molar refractivity (Wildman–Crippen MR) is 54.1 cm³/mol. The number of alkyl halides is 3. The second-order valence-electron chi connectivity index (χ2n) is 3.23. The van der Waals surface area contributed by atoms with Crippen LogP contribution in [0.4, 0.5) is 13.2 Å². The number of aryl methyl sites for hydroxylation is 1. The van der Waals surface area contributed by atoms with E-state index in [4.69, 9.17) is 4.74 Å². The molecule has 94 valence electrons. The highest BCUT2D eigenvalue weighted by Gasteiger charge is 2.32. The average molecular weight is 248 g/mol. The molecule has 17 heavy (non-hydrogen) atoms. The summed E-state index contributed by atoms with van der Waals surface area (Å²) in [5.74, 6) is 0.112. The maximum Gasteiger partial charge on any atom is 0.573 e. The van der Waals surface area contributed by atoms with E-state index in [-0.39, 0.29) is 24.2 Å². The van der Waals surface area contributed by atoms with Crippen molar-refractivity contribution in [3.8, 4) is 11.5 Å². The summed E-state index contributed by atoms with van der Waals surface area (Å²) < 4.78 is 45.1. The SMILES string of the molecule is COc1ccc(OC(F)(F)F)c(CCC=O)c1. The Morgan fingerprint density at radius 2 is 2.06 bits per heavy atom. The zero-order valence-corrected chi connectivity index (χ0v) is 9.08. The third-order valence-corrected chi connectivity index (χ3v) is 2.02. The average Bonchev–Trinajstić information content (AvgIpc) is 2.26. The van der Waals surface area contributed by atoms with Crippen LogP contribution in [0, 0.1) is 0 Å². The molecule has 0 bridgehead atoms. The van der Waals surface area contributed by atoms with E-state index in [1.165, 1.54) is 25.3 Å². The summed E-state index contributed by atoms with van der Waals surface area (Å²) in [7, 11) is 1.41. The van der Waals surface area contributed by atoms with Gasteiger partial charge in [0, 0.05) is 6.42 Å². The Hall–Kier alpha value is -1.72. The molecule has 0 amide bonds. The zero-order valence-electron chi connectivity index (χ0n) is 9.08. The lowest BCUT2D eigenvalue weighted by atomic mass is 10.1. The van der Waals surface area contributed by atoms with Gasteiger partial charge < -0.3 is 14.3 Å². The molecule has 0 unspecified atom stereocenters. The largest absolute Gasteiger partial charge is 0.573 e. The lowest BCUT2D eigenvalue weighted by Crippen LogP contribution is -2.18. The number of methoxy groups -OCH3 is 1. The van der Waals surface area contributed by atoms with E-state index in [0.29, 0.717) is 12.0 Å². The van der Waals surface area contributed by atoms with Crippen molar-refractivity contribution < 1.29 is 27.4 Å². The number of hydrogen-bond donors (Lipinski definition) is 0. The second kappa shape index (κ2) is 5.56. The fourth-order valence-corrected chi connectivity index (χ4v) is 1.32. The van der Waals surface area contributed by atoms with E-state index in [2.05, 4.69) is 4.74 Å². The van der Waals surface area contributed by atoms with Gasteiger partial charge in [0.25, 0.3) is 0 Å². The standard InChI is InChI=1S/C11H11F3O3/c1-16-9-4-5-10(17-11(12,13)14)8(7-9)3-2-6-15/h4-7H,2-3H2,1H3. The first-order valence-corrected chi connectivity index (χ1v) is 4.82. The van der Waals surface area contributed by atoms with E-state index < -0.39 is 6.36 Å². The first kappa shape index (κ1) is 13.3. The highest BCUT2D eigenvalue weighted by Crippen LogP contribution is 2.30. The van der Waals surface area contributed by atoms with Crippen molar-refractivity contribution in [2.75, 3.05) is 7.11 Å². The molecule has 1 aromatic rings. The molecule has 0 aliphatic rings. The van der Waals surface area contributed by atoms with Gasteiger partial charge in [0.05, 0.1) is 7.11 Å². The number of hydrogen-bond acceptors (Lipinski definition) is 3. The fraction of sp³-hybridized carbons (Fsp3) is 0.364. The molecule has 0 fully saturated rings. The van der Waals surface area contributed by atoms with Crippen LogP contribution in [0.15, 0.2) is 18.2 Å². The molecule has 0 N–H and O–H groups in total. The number of ether oxygens (including phenoxy) is 2. The van der Waals surface area contributed by atoms with E-state index in [1.807, 2.05) is 0 Å². The van der Waals surface area contributed by atoms with Gasteiger partial charge >= 0.3 is 6.36 Å². The summed E-state index contributed by atoms with van der Waals surface area (Å²) in [6.45, 7) is 0. The van der Waals surface area contributed by atoms with Crippen LogP contribution in [-0.4, -0.2) is 19.8 Å². The maximum atomic E-state index is 12.1. The van der Waals surface area contributed by atoms with Crippen LogP contribution >= 0.6 is 0 Å². The molecule has 0 saturated carbocycles. The monoisotopic (exact) mass is 248 g/mol. The number of carbonyl (C=O) groups excluding carboxylic acids is 1. The zero-order chi connectivity index (χ0) is 12.9. The van der Waals surface area contributed by atoms with Crippen molar-refractivity contribution in [2.24, 2.45) is 0 Å². The van der Waals surface area contributed by atoms with E-state index >= 15 is 0 Å². The molecule has 0 atom stereocenters. The van der Waals surface area contributed by atoms with Gasteiger partial charge in [0.2, 0.25) is 0 Å². The minimum Gasteiger partial charge on any atom is -0.497 e. The molecule has 0 radical (unpaired) electrons. The molecule has 0 spiro atoms. The minimum atomic E-state index is -4.75. The molecule has 0 aliphatic carbocycles. The van der Waals surface area contributed by atoms with Gasteiger partial charge in [0.1, 0.15) is 17.8 Å². The van der Waals surface area contributed by atoms with Crippen LogP contribution in [0.1, 0.15) is 12.0 Å². The van der Waals surface area contributed by atoms with Gasteiger partial charge in [-0.3, -0.25) is 0 Å². The van der Waals surface area contributed by atoms with Crippen LogP contribution in [0.25, 0.3) is 0 Å². The molecular weight excluding hydrogens is 237 g/mol. The van der Waals surface area contributed by atoms with Gasteiger partial charge in [-0.25, -0.2) is 0 Å². The van der Waals surface area contributed by atoms with Gasteiger partial charge in [-0.05, 0) is 30.2 Å². The molecule has 3 nitrogen and oxygen atoms in total. The summed E-state index contributed by atoms with van der Waals surface area (Å²) in [6, 6.07) is 3.96. The van der Waals surface area contributed by atoms with Crippen molar-refractivity contribution in [3.63, 3.8) is 0 Å². The summed E-state index contributed by atoms with van der Waals surface area (Å²) >= 11 is 0.